The van der Waals surface area contributed by atoms with Gasteiger partial charge in [-0.15, -0.1) is 0 Å². The number of ketones is 1. The van der Waals surface area contributed by atoms with Crippen molar-refractivity contribution in [3.05, 3.63) is 28.8 Å². The average Bonchev–Trinajstić information content (AvgIpc) is 2.80. The Morgan fingerprint density at radius 2 is 1.83 bits per heavy atom. The molecule has 0 N–H and O–H groups in total. The molecule has 0 bridgehead atoms. The van der Waals surface area contributed by atoms with Gasteiger partial charge in [0.1, 0.15) is 5.75 Å². The number of methoxy groups -OCH3 is 1. The Bertz CT molecular complexity index is 468. The van der Waals surface area contributed by atoms with Crippen molar-refractivity contribution < 1.29 is 9.53 Å². The second kappa shape index (κ2) is 4.75. The molecule has 1 saturated carbocycles. The van der Waals surface area contributed by atoms with Gasteiger partial charge in [0.2, 0.25) is 0 Å². The molecule has 0 aromatic heterocycles. The number of ether oxygens (including phenoxy) is 1. The first-order valence-electron chi connectivity index (χ1n) is 6.68. The number of hydrogen-bond donors (Lipinski definition) is 0. The minimum absolute atomic E-state index is 0.186. The normalized spacial score (nSPS) is 17.8. The van der Waals surface area contributed by atoms with E-state index in [1.54, 1.807) is 7.11 Å². The van der Waals surface area contributed by atoms with E-state index in [9.17, 15) is 4.79 Å². The fourth-order valence-electron chi connectivity index (χ4n) is 2.94. The first-order chi connectivity index (χ1) is 8.49. The van der Waals surface area contributed by atoms with Crippen molar-refractivity contribution >= 4 is 5.78 Å². The Morgan fingerprint density at radius 3 is 2.39 bits per heavy atom. The van der Waals surface area contributed by atoms with Gasteiger partial charge in [-0.25, -0.2) is 0 Å². The molecule has 18 heavy (non-hydrogen) atoms. The molecule has 0 spiro atoms. The van der Waals surface area contributed by atoms with Crippen LogP contribution in [0.1, 0.15) is 54.1 Å². The van der Waals surface area contributed by atoms with Crippen molar-refractivity contribution in [2.24, 2.45) is 5.41 Å². The molecule has 1 aliphatic rings. The second-order valence-corrected chi connectivity index (χ2v) is 5.69. The van der Waals surface area contributed by atoms with E-state index in [1.807, 2.05) is 26.0 Å². The summed E-state index contributed by atoms with van der Waals surface area (Å²) in [5.74, 6) is 1.01. The molecule has 1 aromatic carbocycles. The van der Waals surface area contributed by atoms with Gasteiger partial charge >= 0.3 is 0 Å². The van der Waals surface area contributed by atoms with E-state index in [0.717, 1.165) is 42.6 Å². The highest BCUT2D eigenvalue weighted by atomic mass is 16.5. The lowest BCUT2D eigenvalue weighted by molar-refractivity contribution is 0.0820. The number of carbonyl (C=O) groups is 1. The van der Waals surface area contributed by atoms with Gasteiger partial charge < -0.3 is 4.74 Å². The molecule has 0 atom stereocenters. The van der Waals surface area contributed by atoms with Gasteiger partial charge in [-0.2, -0.15) is 0 Å². The Morgan fingerprint density at radius 1 is 1.22 bits per heavy atom. The van der Waals surface area contributed by atoms with Crippen LogP contribution in [0.25, 0.3) is 0 Å². The zero-order valence-electron chi connectivity index (χ0n) is 11.8. The van der Waals surface area contributed by atoms with Crippen LogP contribution in [0.5, 0.6) is 5.75 Å². The summed E-state index contributed by atoms with van der Waals surface area (Å²) in [6.45, 7) is 6.16. The van der Waals surface area contributed by atoms with E-state index < -0.39 is 0 Å². The van der Waals surface area contributed by atoms with Gasteiger partial charge in [0.05, 0.1) is 12.7 Å². The summed E-state index contributed by atoms with van der Waals surface area (Å²) in [4.78, 5) is 12.7. The molecule has 98 valence electrons. The highest BCUT2D eigenvalue weighted by Gasteiger charge is 2.38. The van der Waals surface area contributed by atoms with E-state index in [0.29, 0.717) is 0 Å². The maximum Gasteiger partial charge on any atom is 0.172 e. The molecule has 0 aliphatic heterocycles. The minimum Gasteiger partial charge on any atom is -0.496 e. The van der Waals surface area contributed by atoms with Crippen LogP contribution in [0.4, 0.5) is 0 Å². The lowest BCUT2D eigenvalue weighted by atomic mass is 9.80. The summed E-state index contributed by atoms with van der Waals surface area (Å²) < 4.78 is 5.46. The molecule has 0 amide bonds. The van der Waals surface area contributed by atoms with Crippen molar-refractivity contribution in [1.82, 2.24) is 0 Å². The Balaban J connectivity index is 2.45. The summed E-state index contributed by atoms with van der Waals surface area (Å²) in [6, 6.07) is 3.94. The number of hydrogen-bond acceptors (Lipinski definition) is 2. The van der Waals surface area contributed by atoms with Gasteiger partial charge in [-0.1, -0.05) is 25.8 Å². The Kier molecular flexibility index (Phi) is 3.47. The Labute approximate surface area is 109 Å². The van der Waals surface area contributed by atoms with Gasteiger partial charge in [0, 0.05) is 5.41 Å². The third-order valence-electron chi connectivity index (χ3n) is 4.38. The number of benzene rings is 1. The summed E-state index contributed by atoms with van der Waals surface area (Å²) in [5, 5.41) is 0. The van der Waals surface area contributed by atoms with Crippen LogP contribution in [-0.4, -0.2) is 12.9 Å². The predicted octanol–water partition coefficient (Wildman–Crippen LogP) is 4.08. The average molecular weight is 246 g/mol. The zero-order valence-corrected chi connectivity index (χ0v) is 11.8. The molecule has 1 aliphatic carbocycles. The van der Waals surface area contributed by atoms with Crippen molar-refractivity contribution in [3.63, 3.8) is 0 Å². The molecule has 1 aromatic rings. The lowest BCUT2D eigenvalue weighted by Crippen LogP contribution is -2.25. The van der Waals surface area contributed by atoms with E-state index in [-0.39, 0.29) is 11.2 Å². The van der Waals surface area contributed by atoms with E-state index in [2.05, 4.69) is 6.92 Å². The Hall–Kier alpha value is -1.31. The van der Waals surface area contributed by atoms with E-state index >= 15 is 0 Å². The molecule has 2 rings (SSSR count). The standard InChI is InChI=1S/C16H22O2/c1-11-7-8-13(14(18-4)12(11)2)15(17)16(3)9-5-6-10-16/h7-8H,5-6,9-10H2,1-4H3. The van der Waals surface area contributed by atoms with Crippen LogP contribution in [0, 0.1) is 19.3 Å². The third kappa shape index (κ3) is 2.05. The topological polar surface area (TPSA) is 26.3 Å². The van der Waals surface area contributed by atoms with Crippen LogP contribution < -0.4 is 4.74 Å². The molecular formula is C16H22O2. The van der Waals surface area contributed by atoms with Crippen LogP contribution in [-0.2, 0) is 0 Å². The number of rotatable bonds is 3. The quantitative estimate of drug-likeness (QED) is 0.751. The summed E-state index contributed by atoms with van der Waals surface area (Å²) >= 11 is 0. The van der Waals surface area contributed by atoms with Gasteiger partial charge in [-0.05, 0) is 43.9 Å². The molecular weight excluding hydrogens is 224 g/mol. The van der Waals surface area contributed by atoms with Crippen molar-refractivity contribution in [1.29, 1.82) is 0 Å². The molecule has 0 unspecified atom stereocenters. The number of aryl methyl sites for hydroxylation is 1. The highest BCUT2D eigenvalue weighted by molar-refractivity contribution is 6.03. The minimum atomic E-state index is -0.186. The first-order valence-corrected chi connectivity index (χ1v) is 6.68. The zero-order chi connectivity index (χ0) is 13.3. The molecule has 0 heterocycles. The van der Waals surface area contributed by atoms with Crippen molar-refractivity contribution in [2.75, 3.05) is 7.11 Å². The summed E-state index contributed by atoms with van der Waals surface area (Å²) in [7, 11) is 1.65. The first kappa shape index (κ1) is 13.1. The SMILES string of the molecule is COc1c(C(=O)C2(C)CCCC2)ccc(C)c1C. The summed E-state index contributed by atoms with van der Waals surface area (Å²) in [5.41, 5.74) is 2.81. The smallest absolute Gasteiger partial charge is 0.172 e. The fraction of sp³-hybridized carbons (Fsp3) is 0.562. The maximum absolute atomic E-state index is 12.7. The highest BCUT2D eigenvalue weighted by Crippen LogP contribution is 2.42. The predicted molar refractivity (Wildman–Crippen MR) is 73.4 cm³/mol. The van der Waals surface area contributed by atoms with Crippen LogP contribution in [0.3, 0.4) is 0 Å². The van der Waals surface area contributed by atoms with Crippen LogP contribution >= 0.6 is 0 Å². The van der Waals surface area contributed by atoms with Gasteiger partial charge in [0.15, 0.2) is 5.78 Å². The lowest BCUT2D eigenvalue weighted by Gasteiger charge is -2.23. The third-order valence-corrected chi connectivity index (χ3v) is 4.38. The summed E-state index contributed by atoms with van der Waals surface area (Å²) in [6.07, 6.45) is 4.33. The van der Waals surface area contributed by atoms with Crippen molar-refractivity contribution in [2.45, 2.75) is 46.5 Å². The van der Waals surface area contributed by atoms with Crippen molar-refractivity contribution in [3.8, 4) is 5.75 Å². The van der Waals surface area contributed by atoms with E-state index in [4.69, 9.17) is 4.74 Å². The van der Waals surface area contributed by atoms with Gasteiger partial charge in [0.25, 0.3) is 0 Å². The number of Topliss-reactive ketones (excluding diaryl/α,β-unsaturated/α-hetero) is 1. The van der Waals surface area contributed by atoms with Crippen LogP contribution in [0.15, 0.2) is 12.1 Å². The largest absolute Gasteiger partial charge is 0.496 e. The fourth-order valence-corrected chi connectivity index (χ4v) is 2.94. The van der Waals surface area contributed by atoms with E-state index in [1.165, 1.54) is 5.56 Å². The van der Waals surface area contributed by atoms with Crippen LogP contribution in [0.2, 0.25) is 0 Å². The monoisotopic (exact) mass is 246 g/mol. The number of carbonyl (C=O) groups excluding carboxylic acids is 1. The molecule has 2 heteroatoms. The molecule has 0 saturated heterocycles. The molecule has 2 nitrogen and oxygen atoms in total. The maximum atomic E-state index is 12.7. The molecule has 1 fully saturated rings. The van der Waals surface area contributed by atoms with Gasteiger partial charge in [-0.3, -0.25) is 4.79 Å². The second-order valence-electron chi connectivity index (χ2n) is 5.69. The molecule has 0 radical (unpaired) electrons.